The Morgan fingerprint density at radius 3 is 2.80 bits per heavy atom. The number of aromatic nitrogens is 1. The van der Waals surface area contributed by atoms with E-state index in [0.717, 1.165) is 18.5 Å². The minimum absolute atomic E-state index is 0.0530. The molecule has 1 heterocycles. The van der Waals surface area contributed by atoms with E-state index in [4.69, 9.17) is 5.11 Å². The molecule has 0 spiro atoms. The lowest BCUT2D eigenvalue weighted by Gasteiger charge is -2.20. The average Bonchev–Trinajstić information content (AvgIpc) is 2.47. The Kier molecular flexibility index (Phi) is 6.75. The zero-order chi connectivity index (χ0) is 15.0. The van der Waals surface area contributed by atoms with Crippen LogP contribution in [0.3, 0.4) is 0 Å². The molecule has 4 heteroatoms. The van der Waals surface area contributed by atoms with Crippen molar-refractivity contribution in [2.24, 2.45) is 5.92 Å². The van der Waals surface area contributed by atoms with Crippen molar-refractivity contribution in [1.82, 2.24) is 9.88 Å². The highest BCUT2D eigenvalue weighted by Gasteiger charge is 2.14. The molecule has 1 atom stereocenters. The van der Waals surface area contributed by atoms with E-state index in [0.29, 0.717) is 18.0 Å². The van der Waals surface area contributed by atoms with Gasteiger partial charge in [0.15, 0.2) is 0 Å². The second-order valence-electron chi connectivity index (χ2n) is 4.91. The van der Waals surface area contributed by atoms with Crippen molar-refractivity contribution in [3.63, 3.8) is 0 Å². The predicted octanol–water partition coefficient (Wildman–Crippen LogP) is 1.93. The third kappa shape index (κ3) is 5.02. The number of hydrogen-bond acceptors (Lipinski definition) is 3. The maximum atomic E-state index is 12.2. The van der Waals surface area contributed by atoms with Gasteiger partial charge in [0.25, 0.3) is 5.91 Å². The fourth-order valence-corrected chi connectivity index (χ4v) is 1.69. The minimum atomic E-state index is -0.0693. The number of rotatable bonds is 5. The molecule has 1 rings (SSSR count). The Balaban J connectivity index is 2.68. The van der Waals surface area contributed by atoms with Crippen LogP contribution in [0.4, 0.5) is 0 Å². The van der Waals surface area contributed by atoms with E-state index in [1.165, 1.54) is 0 Å². The molecule has 0 aliphatic carbocycles. The Morgan fingerprint density at radius 1 is 1.50 bits per heavy atom. The van der Waals surface area contributed by atoms with Crippen LogP contribution in [-0.4, -0.2) is 41.1 Å². The molecule has 4 nitrogen and oxygen atoms in total. The lowest BCUT2D eigenvalue weighted by molar-refractivity contribution is 0.0769. The van der Waals surface area contributed by atoms with Gasteiger partial charge in [0.05, 0.1) is 6.61 Å². The Morgan fingerprint density at radius 2 is 2.25 bits per heavy atom. The zero-order valence-electron chi connectivity index (χ0n) is 12.4. The van der Waals surface area contributed by atoms with Crippen LogP contribution in [0.25, 0.3) is 0 Å². The van der Waals surface area contributed by atoms with Crippen molar-refractivity contribution < 1.29 is 9.90 Å². The molecule has 0 bridgehead atoms. The third-order valence-corrected chi connectivity index (χ3v) is 3.08. The predicted molar refractivity (Wildman–Crippen MR) is 79.2 cm³/mol. The van der Waals surface area contributed by atoms with Gasteiger partial charge < -0.3 is 10.0 Å². The number of aliphatic hydroxyl groups is 1. The largest absolute Gasteiger partial charge is 0.395 e. The van der Waals surface area contributed by atoms with Crippen LogP contribution in [0.15, 0.2) is 18.3 Å². The van der Waals surface area contributed by atoms with Crippen LogP contribution < -0.4 is 0 Å². The first-order valence-corrected chi connectivity index (χ1v) is 6.89. The van der Waals surface area contributed by atoms with Gasteiger partial charge in [0.1, 0.15) is 5.69 Å². The van der Waals surface area contributed by atoms with Gasteiger partial charge >= 0.3 is 0 Å². The smallest absolute Gasteiger partial charge is 0.272 e. The maximum Gasteiger partial charge on any atom is 0.272 e. The zero-order valence-corrected chi connectivity index (χ0v) is 12.4. The molecule has 0 radical (unpaired) electrons. The van der Waals surface area contributed by atoms with Crippen LogP contribution in [-0.2, 0) is 0 Å². The van der Waals surface area contributed by atoms with E-state index in [9.17, 15) is 4.79 Å². The molecule has 0 aliphatic heterocycles. The normalized spacial score (nSPS) is 11.4. The van der Waals surface area contributed by atoms with Crippen molar-refractivity contribution in [2.75, 3.05) is 20.2 Å². The summed E-state index contributed by atoms with van der Waals surface area (Å²) in [4.78, 5) is 18.0. The summed E-state index contributed by atoms with van der Waals surface area (Å²) in [5, 5.41) is 8.65. The summed E-state index contributed by atoms with van der Waals surface area (Å²) in [6, 6.07) is 3.47. The van der Waals surface area contributed by atoms with Gasteiger partial charge in [0, 0.05) is 31.8 Å². The molecular weight excluding hydrogens is 252 g/mol. The van der Waals surface area contributed by atoms with Crippen LogP contribution >= 0.6 is 0 Å². The topological polar surface area (TPSA) is 53.4 Å². The monoisotopic (exact) mass is 274 g/mol. The molecule has 108 valence electrons. The van der Waals surface area contributed by atoms with Crippen molar-refractivity contribution in [2.45, 2.75) is 26.7 Å². The first kappa shape index (κ1) is 16.2. The molecule has 0 saturated carbocycles. The fraction of sp³-hybridized carbons (Fsp3) is 0.500. The van der Waals surface area contributed by atoms with E-state index in [1.54, 1.807) is 30.3 Å². The number of carbonyl (C=O) groups excluding carboxylic acids is 1. The first-order chi connectivity index (χ1) is 9.58. The van der Waals surface area contributed by atoms with Crippen molar-refractivity contribution in [3.8, 4) is 11.8 Å². The van der Waals surface area contributed by atoms with Crippen molar-refractivity contribution in [3.05, 3.63) is 29.6 Å². The second-order valence-corrected chi connectivity index (χ2v) is 4.91. The molecule has 1 unspecified atom stereocenters. The average molecular weight is 274 g/mol. The highest BCUT2D eigenvalue weighted by atomic mass is 16.2. The SMILES string of the molecule is CCC(C)CN(C)C(=O)c1ccc(C#CCCO)cn1. The molecule has 0 saturated heterocycles. The summed E-state index contributed by atoms with van der Waals surface area (Å²) < 4.78 is 0. The molecule has 0 aromatic carbocycles. The number of pyridine rings is 1. The van der Waals surface area contributed by atoms with Gasteiger partial charge in [-0.15, -0.1) is 0 Å². The quantitative estimate of drug-likeness (QED) is 0.835. The van der Waals surface area contributed by atoms with Gasteiger partial charge in [-0.3, -0.25) is 4.79 Å². The van der Waals surface area contributed by atoms with Gasteiger partial charge in [-0.2, -0.15) is 0 Å². The maximum absolute atomic E-state index is 12.2. The summed E-state index contributed by atoms with van der Waals surface area (Å²) >= 11 is 0. The lowest BCUT2D eigenvalue weighted by Crippen LogP contribution is -2.31. The van der Waals surface area contributed by atoms with Crippen LogP contribution in [0.2, 0.25) is 0 Å². The third-order valence-electron chi connectivity index (χ3n) is 3.08. The van der Waals surface area contributed by atoms with E-state index < -0.39 is 0 Å². The van der Waals surface area contributed by atoms with E-state index in [2.05, 4.69) is 30.7 Å². The summed E-state index contributed by atoms with van der Waals surface area (Å²) in [6.07, 6.45) is 3.08. The number of amides is 1. The number of hydrogen-bond donors (Lipinski definition) is 1. The fourth-order valence-electron chi connectivity index (χ4n) is 1.69. The molecule has 1 aromatic heterocycles. The van der Waals surface area contributed by atoms with Gasteiger partial charge in [-0.05, 0) is 18.1 Å². The molecule has 20 heavy (non-hydrogen) atoms. The summed E-state index contributed by atoms with van der Waals surface area (Å²) in [6.45, 7) is 5.02. The highest BCUT2D eigenvalue weighted by Crippen LogP contribution is 2.07. The number of nitrogens with zero attached hydrogens (tertiary/aromatic N) is 2. The molecule has 0 fully saturated rings. The molecule has 1 aromatic rings. The van der Waals surface area contributed by atoms with Gasteiger partial charge in [0.2, 0.25) is 0 Å². The Bertz CT molecular complexity index is 485. The van der Waals surface area contributed by atoms with Crippen LogP contribution in [0, 0.1) is 17.8 Å². The summed E-state index contributed by atoms with van der Waals surface area (Å²) in [5.41, 5.74) is 1.18. The van der Waals surface area contributed by atoms with Crippen LogP contribution in [0.5, 0.6) is 0 Å². The van der Waals surface area contributed by atoms with Crippen molar-refractivity contribution in [1.29, 1.82) is 0 Å². The molecular formula is C16H22N2O2. The van der Waals surface area contributed by atoms with E-state index >= 15 is 0 Å². The summed E-state index contributed by atoms with van der Waals surface area (Å²) in [5.74, 6) is 6.12. The van der Waals surface area contributed by atoms with Gasteiger partial charge in [-0.25, -0.2) is 4.98 Å². The molecule has 0 aliphatic rings. The second kappa shape index (κ2) is 8.34. The number of carbonyl (C=O) groups is 1. The number of aliphatic hydroxyl groups excluding tert-OH is 1. The van der Waals surface area contributed by atoms with Crippen molar-refractivity contribution >= 4 is 5.91 Å². The minimum Gasteiger partial charge on any atom is -0.395 e. The van der Waals surface area contributed by atoms with E-state index in [-0.39, 0.29) is 12.5 Å². The Hall–Kier alpha value is -1.86. The van der Waals surface area contributed by atoms with E-state index in [1.807, 2.05) is 0 Å². The lowest BCUT2D eigenvalue weighted by atomic mass is 10.1. The Labute approximate surface area is 120 Å². The standard InChI is InChI=1S/C16H22N2O2/c1-4-13(2)12-18(3)16(20)15-9-8-14(11-17-15)7-5-6-10-19/h8-9,11,13,19H,4,6,10,12H2,1-3H3. The summed E-state index contributed by atoms with van der Waals surface area (Å²) in [7, 11) is 1.80. The van der Waals surface area contributed by atoms with Crippen LogP contribution in [0.1, 0.15) is 42.7 Å². The molecule has 1 N–H and O–H groups in total. The first-order valence-electron chi connectivity index (χ1n) is 6.89. The highest BCUT2D eigenvalue weighted by molar-refractivity contribution is 5.92. The molecule has 1 amide bonds. The van der Waals surface area contributed by atoms with Gasteiger partial charge in [-0.1, -0.05) is 32.1 Å².